The van der Waals surface area contributed by atoms with E-state index in [1.165, 1.54) is 0 Å². The molecule has 164 valence electrons. The first kappa shape index (κ1) is 21.1. The first-order chi connectivity index (χ1) is 14.4. The second-order valence-electron chi connectivity index (χ2n) is 8.48. The number of rotatable bonds is 3. The number of alkyl halides is 3. The highest BCUT2D eigenvalue weighted by Gasteiger charge is 2.43. The van der Waals surface area contributed by atoms with Gasteiger partial charge in [-0.2, -0.15) is 13.2 Å². The molecule has 0 saturated heterocycles. The van der Waals surface area contributed by atoms with Crippen molar-refractivity contribution in [3.8, 4) is 5.69 Å². The lowest BCUT2D eigenvalue weighted by Crippen LogP contribution is -2.37. The van der Waals surface area contributed by atoms with Gasteiger partial charge in [0.25, 0.3) is 5.91 Å². The van der Waals surface area contributed by atoms with Crippen molar-refractivity contribution < 1.29 is 26.8 Å². The predicted molar refractivity (Wildman–Crippen MR) is 102 cm³/mol. The molecule has 4 rings (SSSR count). The zero-order valence-corrected chi connectivity index (χ0v) is 17.0. The molecule has 10 heteroatoms. The number of benzene rings is 1. The number of nitrogens with one attached hydrogen (secondary N) is 1. The molecule has 1 amide bonds. The molecule has 0 bridgehead atoms. The molecule has 1 N–H and O–H groups in total. The van der Waals surface area contributed by atoms with Crippen LogP contribution in [0, 0.1) is 18.2 Å². The van der Waals surface area contributed by atoms with Gasteiger partial charge >= 0.3 is 6.18 Å². The van der Waals surface area contributed by atoms with Gasteiger partial charge < -0.3 is 9.73 Å². The molecule has 31 heavy (non-hydrogen) atoms. The number of carbonyl (C=O) groups excluding carboxylic acids is 1. The summed E-state index contributed by atoms with van der Waals surface area (Å²) in [6, 6.07) is 5.53. The minimum Gasteiger partial charge on any atom is -0.466 e. The van der Waals surface area contributed by atoms with Crippen molar-refractivity contribution in [1.29, 1.82) is 0 Å². The molecular formula is C21H20F4N4O2. The van der Waals surface area contributed by atoms with Crippen molar-refractivity contribution in [2.75, 3.05) is 0 Å². The quantitative estimate of drug-likeness (QED) is 0.601. The second-order valence-corrected chi connectivity index (χ2v) is 8.48. The fourth-order valence-corrected chi connectivity index (χ4v) is 3.99. The zero-order valence-electron chi connectivity index (χ0n) is 17.0. The maximum atomic E-state index is 13.8. The van der Waals surface area contributed by atoms with Crippen LogP contribution >= 0.6 is 0 Å². The number of aryl methyl sites for hydroxylation is 1. The Morgan fingerprint density at radius 1 is 1.26 bits per heavy atom. The van der Waals surface area contributed by atoms with Crippen LogP contribution in [-0.2, 0) is 12.6 Å². The number of furan rings is 1. The Morgan fingerprint density at radius 2 is 1.94 bits per heavy atom. The normalized spacial score (nSPS) is 18.0. The summed E-state index contributed by atoms with van der Waals surface area (Å²) in [6.07, 6.45) is -3.72. The van der Waals surface area contributed by atoms with Crippen molar-refractivity contribution in [3.63, 3.8) is 0 Å². The number of nitrogens with zero attached hydrogens (tertiary/aromatic N) is 3. The van der Waals surface area contributed by atoms with Crippen molar-refractivity contribution >= 4 is 5.91 Å². The van der Waals surface area contributed by atoms with Gasteiger partial charge in [-0.15, -0.1) is 5.10 Å². The Kier molecular flexibility index (Phi) is 4.90. The standard InChI is InChI=1S/C21H20F4N4O2/c1-11-8-14-15(9-20(2,3)10-16(14)31-11)26-19(30)17-18(21(23,24)25)29(28-27-17)13-6-4-12(22)5-7-13/h4-8,15H,9-10H2,1-3H3,(H,26,30). The monoisotopic (exact) mass is 436 g/mol. The maximum Gasteiger partial charge on any atom is 0.435 e. The summed E-state index contributed by atoms with van der Waals surface area (Å²) in [6.45, 7) is 5.78. The smallest absolute Gasteiger partial charge is 0.435 e. The summed E-state index contributed by atoms with van der Waals surface area (Å²) >= 11 is 0. The van der Waals surface area contributed by atoms with Gasteiger partial charge in [0.1, 0.15) is 17.3 Å². The van der Waals surface area contributed by atoms with Crippen LogP contribution in [0.1, 0.15) is 59.6 Å². The second kappa shape index (κ2) is 7.21. The van der Waals surface area contributed by atoms with E-state index >= 15 is 0 Å². The minimum atomic E-state index is -4.91. The average molecular weight is 436 g/mol. The molecule has 0 aliphatic heterocycles. The summed E-state index contributed by atoms with van der Waals surface area (Å²) < 4.78 is 60.9. The van der Waals surface area contributed by atoms with Crippen LogP contribution in [-0.4, -0.2) is 20.9 Å². The molecule has 6 nitrogen and oxygen atoms in total. The van der Waals surface area contributed by atoms with Crippen LogP contribution in [0.5, 0.6) is 0 Å². The number of hydrogen-bond acceptors (Lipinski definition) is 4. The summed E-state index contributed by atoms with van der Waals surface area (Å²) in [7, 11) is 0. The van der Waals surface area contributed by atoms with Crippen LogP contribution in [0.2, 0.25) is 0 Å². The highest BCUT2D eigenvalue weighted by molar-refractivity contribution is 5.94. The maximum absolute atomic E-state index is 13.8. The van der Waals surface area contributed by atoms with Gasteiger partial charge in [-0.25, -0.2) is 9.07 Å². The van der Waals surface area contributed by atoms with Crippen molar-refractivity contribution in [3.05, 3.63) is 64.6 Å². The van der Waals surface area contributed by atoms with Gasteiger partial charge in [-0.1, -0.05) is 19.1 Å². The molecule has 1 aliphatic rings. The number of carbonyl (C=O) groups is 1. The van der Waals surface area contributed by atoms with Crippen LogP contribution in [0.4, 0.5) is 17.6 Å². The largest absolute Gasteiger partial charge is 0.466 e. The first-order valence-corrected chi connectivity index (χ1v) is 9.63. The fourth-order valence-electron chi connectivity index (χ4n) is 3.99. The lowest BCUT2D eigenvalue weighted by Gasteiger charge is -2.34. The first-order valence-electron chi connectivity index (χ1n) is 9.63. The minimum absolute atomic E-state index is 0.0631. The average Bonchev–Trinajstić information content (AvgIpc) is 3.24. The third-order valence-electron chi connectivity index (χ3n) is 5.27. The molecule has 1 atom stereocenters. The highest BCUT2D eigenvalue weighted by Crippen LogP contribution is 2.42. The summed E-state index contributed by atoms with van der Waals surface area (Å²) in [5.41, 5.74) is -1.69. The summed E-state index contributed by atoms with van der Waals surface area (Å²) in [5, 5.41) is 9.70. The number of hydrogen-bond donors (Lipinski definition) is 1. The molecule has 1 aromatic carbocycles. The van der Waals surface area contributed by atoms with Crippen molar-refractivity contribution in [1.82, 2.24) is 20.3 Å². The molecule has 0 spiro atoms. The molecule has 0 radical (unpaired) electrons. The number of amides is 1. The van der Waals surface area contributed by atoms with E-state index in [4.69, 9.17) is 4.42 Å². The lowest BCUT2D eigenvalue weighted by atomic mass is 9.74. The fraction of sp³-hybridized carbons (Fsp3) is 0.381. The van der Waals surface area contributed by atoms with Crippen LogP contribution in [0.15, 0.2) is 34.7 Å². The van der Waals surface area contributed by atoms with E-state index in [1.54, 1.807) is 13.0 Å². The molecule has 2 aromatic heterocycles. The van der Waals surface area contributed by atoms with Crippen LogP contribution < -0.4 is 5.32 Å². The van der Waals surface area contributed by atoms with E-state index < -0.39 is 35.3 Å². The SMILES string of the molecule is Cc1cc2c(o1)CC(C)(C)CC2NC(=O)c1nnn(-c2ccc(F)cc2)c1C(F)(F)F. The van der Waals surface area contributed by atoms with Gasteiger partial charge in [0.15, 0.2) is 11.4 Å². The van der Waals surface area contributed by atoms with Gasteiger partial charge in [-0.3, -0.25) is 4.79 Å². The molecule has 0 saturated carbocycles. The summed E-state index contributed by atoms with van der Waals surface area (Å²) in [4.78, 5) is 12.9. The zero-order chi connectivity index (χ0) is 22.6. The van der Waals surface area contributed by atoms with E-state index in [0.717, 1.165) is 29.8 Å². The molecule has 0 fully saturated rings. The predicted octanol–water partition coefficient (Wildman–Crippen LogP) is 4.77. The lowest BCUT2D eigenvalue weighted by molar-refractivity contribution is -0.143. The van der Waals surface area contributed by atoms with E-state index in [0.29, 0.717) is 29.0 Å². The van der Waals surface area contributed by atoms with Gasteiger partial charge in [-0.05, 0) is 49.1 Å². The number of halogens is 4. The molecule has 1 unspecified atom stereocenters. The van der Waals surface area contributed by atoms with Crippen molar-refractivity contribution in [2.45, 2.75) is 45.8 Å². The van der Waals surface area contributed by atoms with Crippen molar-refractivity contribution in [2.24, 2.45) is 5.41 Å². The molecular weight excluding hydrogens is 416 g/mol. The molecule has 1 aliphatic carbocycles. The Hall–Kier alpha value is -3.17. The van der Waals surface area contributed by atoms with E-state index in [-0.39, 0.29) is 11.1 Å². The Labute approximate surface area is 175 Å². The number of aromatic nitrogens is 3. The summed E-state index contributed by atoms with van der Waals surface area (Å²) in [5.74, 6) is -0.222. The molecule has 2 heterocycles. The topological polar surface area (TPSA) is 73.0 Å². The Morgan fingerprint density at radius 3 is 2.58 bits per heavy atom. The third kappa shape index (κ3) is 4.06. The Bertz CT molecular complexity index is 1130. The number of fused-ring (bicyclic) bond motifs is 1. The molecule has 3 aromatic rings. The highest BCUT2D eigenvalue weighted by atomic mass is 19.4. The third-order valence-corrected chi connectivity index (χ3v) is 5.27. The van der Waals surface area contributed by atoms with Crippen LogP contribution in [0.3, 0.4) is 0 Å². The van der Waals surface area contributed by atoms with Gasteiger partial charge in [0.05, 0.1) is 11.7 Å². The van der Waals surface area contributed by atoms with E-state index in [2.05, 4.69) is 15.6 Å². The van der Waals surface area contributed by atoms with E-state index in [1.807, 2.05) is 13.8 Å². The Balaban J connectivity index is 1.70. The van der Waals surface area contributed by atoms with Gasteiger partial charge in [0.2, 0.25) is 0 Å². The van der Waals surface area contributed by atoms with Gasteiger partial charge in [0, 0.05) is 12.0 Å². The van der Waals surface area contributed by atoms with E-state index in [9.17, 15) is 22.4 Å². The van der Waals surface area contributed by atoms with Crippen LogP contribution in [0.25, 0.3) is 5.69 Å².